The summed E-state index contributed by atoms with van der Waals surface area (Å²) in [7, 11) is 0. The predicted molar refractivity (Wildman–Crippen MR) is 73.0 cm³/mol. The zero-order chi connectivity index (χ0) is 12.5. The predicted octanol–water partition coefficient (Wildman–Crippen LogP) is 2.60. The molecule has 0 atom stereocenters. The quantitative estimate of drug-likeness (QED) is 0.747. The number of urea groups is 1. The molecule has 0 aromatic heterocycles. The van der Waals surface area contributed by atoms with E-state index in [9.17, 15) is 4.79 Å². The number of amides is 2. The third-order valence-electron chi connectivity index (χ3n) is 3.84. The minimum absolute atomic E-state index is 0.104. The number of anilines is 1. The first kappa shape index (κ1) is 11.3. The number of aryl methyl sites for hydroxylation is 2. The third kappa shape index (κ3) is 1.80. The third-order valence-corrected chi connectivity index (χ3v) is 3.84. The average molecular weight is 242 g/mol. The van der Waals surface area contributed by atoms with E-state index in [4.69, 9.17) is 0 Å². The van der Waals surface area contributed by atoms with Crippen molar-refractivity contribution in [2.75, 3.05) is 24.5 Å². The van der Waals surface area contributed by atoms with E-state index < -0.39 is 0 Å². The van der Waals surface area contributed by atoms with Crippen LogP contribution < -0.4 is 4.90 Å². The monoisotopic (exact) mass is 242 g/mol. The largest absolute Gasteiger partial charge is 0.324 e. The Morgan fingerprint density at radius 1 is 1.22 bits per heavy atom. The van der Waals surface area contributed by atoms with Gasteiger partial charge >= 0.3 is 6.03 Å². The Morgan fingerprint density at radius 2 is 2.06 bits per heavy atom. The maximum absolute atomic E-state index is 12.2. The van der Waals surface area contributed by atoms with Crippen LogP contribution in [0.1, 0.15) is 17.5 Å². The Bertz CT molecular complexity index is 495. The standard InChI is InChI=1S/C15H18N2O/c1-2-8-16-9-10-17(15(16)18)14-7-6-12-4-3-5-13(12)11-14/h2,6-7,11H,1,3-5,8-10H2. The van der Waals surface area contributed by atoms with Crippen molar-refractivity contribution < 1.29 is 4.79 Å². The van der Waals surface area contributed by atoms with Gasteiger partial charge in [-0.1, -0.05) is 12.1 Å². The lowest BCUT2D eigenvalue weighted by Crippen LogP contribution is -2.31. The molecule has 94 valence electrons. The molecule has 2 aliphatic rings. The van der Waals surface area contributed by atoms with E-state index in [0.29, 0.717) is 6.54 Å². The van der Waals surface area contributed by atoms with Gasteiger partial charge in [0.05, 0.1) is 0 Å². The minimum Gasteiger partial charge on any atom is -0.319 e. The first-order chi connectivity index (χ1) is 8.79. The SMILES string of the molecule is C=CCN1CCN(c2ccc3c(c2)CCC3)C1=O. The number of rotatable bonds is 3. The van der Waals surface area contributed by atoms with Gasteiger partial charge in [0.25, 0.3) is 0 Å². The van der Waals surface area contributed by atoms with E-state index in [1.54, 1.807) is 6.08 Å². The summed E-state index contributed by atoms with van der Waals surface area (Å²) in [5.41, 5.74) is 3.92. The van der Waals surface area contributed by atoms with Gasteiger partial charge in [-0.2, -0.15) is 0 Å². The van der Waals surface area contributed by atoms with Gasteiger partial charge in [-0.25, -0.2) is 4.79 Å². The second-order valence-electron chi connectivity index (χ2n) is 4.98. The Balaban J connectivity index is 1.83. The van der Waals surface area contributed by atoms with Crippen LogP contribution in [0.4, 0.5) is 10.5 Å². The molecule has 1 saturated heterocycles. The van der Waals surface area contributed by atoms with Gasteiger partial charge in [-0.05, 0) is 42.5 Å². The van der Waals surface area contributed by atoms with Crippen molar-refractivity contribution in [2.24, 2.45) is 0 Å². The summed E-state index contributed by atoms with van der Waals surface area (Å²) in [5.74, 6) is 0. The van der Waals surface area contributed by atoms with Crippen LogP contribution in [0.15, 0.2) is 30.9 Å². The molecule has 1 aliphatic carbocycles. The van der Waals surface area contributed by atoms with Gasteiger partial charge in [0, 0.05) is 25.3 Å². The lowest BCUT2D eigenvalue weighted by molar-refractivity contribution is 0.225. The van der Waals surface area contributed by atoms with Gasteiger partial charge in [0.15, 0.2) is 0 Å². The molecule has 0 unspecified atom stereocenters. The van der Waals surface area contributed by atoms with Crippen LogP contribution >= 0.6 is 0 Å². The molecule has 0 saturated carbocycles. The van der Waals surface area contributed by atoms with E-state index in [-0.39, 0.29) is 6.03 Å². The van der Waals surface area contributed by atoms with E-state index in [0.717, 1.165) is 25.2 Å². The number of hydrogen-bond donors (Lipinski definition) is 0. The highest BCUT2D eigenvalue weighted by molar-refractivity contribution is 5.94. The fourth-order valence-electron chi connectivity index (χ4n) is 2.87. The van der Waals surface area contributed by atoms with Crippen LogP contribution in [0.3, 0.4) is 0 Å². The van der Waals surface area contributed by atoms with Gasteiger partial charge in [-0.3, -0.25) is 4.90 Å². The van der Waals surface area contributed by atoms with Crippen LogP contribution in [0.25, 0.3) is 0 Å². The maximum Gasteiger partial charge on any atom is 0.324 e. The average Bonchev–Trinajstić information content (AvgIpc) is 2.97. The number of carbonyl (C=O) groups is 1. The van der Waals surface area contributed by atoms with E-state index in [1.807, 2.05) is 9.80 Å². The number of carbonyl (C=O) groups excluding carboxylic acids is 1. The zero-order valence-corrected chi connectivity index (χ0v) is 10.6. The number of nitrogens with zero attached hydrogens (tertiary/aromatic N) is 2. The molecule has 3 heteroatoms. The molecule has 1 aromatic rings. The molecule has 0 radical (unpaired) electrons. The Kier molecular flexibility index (Phi) is 2.82. The minimum atomic E-state index is 0.104. The van der Waals surface area contributed by atoms with Crippen LogP contribution in [-0.4, -0.2) is 30.6 Å². The van der Waals surface area contributed by atoms with Crippen LogP contribution in [0.5, 0.6) is 0 Å². The van der Waals surface area contributed by atoms with Crippen molar-refractivity contribution in [3.8, 4) is 0 Å². The van der Waals surface area contributed by atoms with Crippen molar-refractivity contribution in [3.05, 3.63) is 42.0 Å². The fourth-order valence-corrected chi connectivity index (χ4v) is 2.87. The van der Waals surface area contributed by atoms with Crippen molar-refractivity contribution >= 4 is 11.7 Å². The topological polar surface area (TPSA) is 23.6 Å². The Labute approximate surface area is 108 Å². The number of hydrogen-bond acceptors (Lipinski definition) is 1. The summed E-state index contributed by atoms with van der Waals surface area (Å²) >= 11 is 0. The number of fused-ring (bicyclic) bond motifs is 1. The van der Waals surface area contributed by atoms with Crippen LogP contribution in [0, 0.1) is 0 Å². The molecule has 0 bridgehead atoms. The van der Waals surface area contributed by atoms with Crippen molar-refractivity contribution in [3.63, 3.8) is 0 Å². The molecule has 0 N–H and O–H groups in total. The highest BCUT2D eigenvalue weighted by atomic mass is 16.2. The second-order valence-corrected chi connectivity index (χ2v) is 4.98. The molecule has 1 heterocycles. The summed E-state index contributed by atoms with van der Waals surface area (Å²) in [6, 6.07) is 6.56. The lowest BCUT2D eigenvalue weighted by Gasteiger charge is -2.18. The molecule has 2 amide bonds. The normalized spacial score (nSPS) is 18.3. The molecule has 1 fully saturated rings. The maximum atomic E-state index is 12.2. The molecule has 18 heavy (non-hydrogen) atoms. The smallest absolute Gasteiger partial charge is 0.319 e. The van der Waals surface area contributed by atoms with Crippen molar-refractivity contribution in [2.45, 2.75) is 19.3 Å². The van der Waals surface area contributed by atoms with E-state index in [1.165, 1.54) is 24.0 Å². The first-order valence-corrected chi connectivity index (χ1v) is 6.59. The zero-order valence-electron chi connectivity index (χ0n) is 10.6. The Hall–Kier alpha value is -1.77. The van der Waals surface area contributed by atoms with Crippen molar-refractivity contribution in [1.29, 1.82) is 0 Å². The first-order valence-electron chi connectivity index (χ1n) is 6.59. The van der Waals surface area contributed by atoms with Gasteiger partial charge in [0.1, 0.15) is 0 Å². The van der Waals surface area contributed by atoms with E-state index >= 15 is 0 Å². The molecule has 1 aliphatic heterocycles. The molecule has 0 spiro atoms. The van der Waals surface area contributed by atoms with Crippen LogP contribution in [0.2, 0.25) is 0 Å². The van der Waals surface area contributed by atoms with Crippen molar-refractivity contribution in [1.82, 2.24) is 4.90 Å². The summed E-state index contributed by atoms with van der Waals surface area (Å²) in [5, 5.41) is 0. The summed E-state index contributed by atoms with van der Waals surface area (Å²) in [6.07, 6.45) is 5.37. The molecule has 1 aromatic carbocycles. The summed E-state index contributed by atoms with van der Waals surface area (Å²) in [6.45, 7) is 5.91. The summed E-state index contributed by atoms with van der Waals surface area (Å²) < 4.78 is 0. The van der Waals surface area contributed by atoms with Gasteiger partial charge in [0.2, 0.25) is 0 Å². The van der Waals surface area contributed by atoms with Gasteiger partial charge < -0.3 is 4.90 Å². The highest BCUT2D eigenvalue weighted by Gasteiger charge is 2.29. The lowest BCUT2D eigenvalue weighted by atomic mass is 10.1. The summed E-state index contributed by atoms with van der Waals surface area (Å²) in [4.78, 5) is 15.9. The fraction of sp³-hybridized carbons (Fsp3) is 0.400. The van der Waals surface area contributed by atoms with Gasteiger partial charge in [-0.15, -0.1) is 6.58 Å². The molecular formula is C15H18N2O. The number of benzene rings is 1. The molecule has 3 rings (SSSR count). The van der Waals surface area contributed by atoms with Crippen LogP contribution in [-0.2, 0) is 12.8 Å². The Morgan fingerprint density at radius 3 is 2.89 bits per heavy atom. The highest BCUT2D eigenvalue weighted by Crippen LogP contribution is 2.28. The molecule has 3 nitrogen and oxygen atoms in total. The molecular weight excluding hydrogens is 224 g/mol. The second kappa shape index (κ2) is 4.48. The van der Waals surface area contributed by atoms with E-state index in [2.05, 4.69) is 24.8 Å².